The van der Waals surface area contributed by atoms with Gasteiger partial charge >= 0.3 is 0 Å². The zero-order valence-corrected chi connectivity index (χ0v) is 16.0. The Balaban J connectivity index is 1.68. The van der Waals surface area contributed by atoms with Crippen LogP contribution in [-0.2, 0) is 21.2 Å². The predicted molar refractivity (Wildman–Crippen MR) is 107 cm³/mol. The Hall–Kier alpha value is -2.60. The van der Waals surface area contributed by atoms with Crippen LogP contribution in [0.2, 0.25) is 0 Å². The number of carbonyl (C=O) groups is 1. The second-order valence-electron chi connectivity index (χ2n) is 7.10. The highest BCUT2D eigenvalue weighted by atomic mass is 32.2. The van der Waals surface area contributed by atoms with Crippen molar-refractivity contribution in [1.29, 1.82) is 0 Å². The van der Waals surface area contributed by atoms with Gasteiger partial charge in [-0.15, -0.1) is 0 Å². The van der Waals surface area contributed by atoms with E-state index in [2.05, 4.69) is 6.07 Å². The van der Waals surface area contributed by atoms with Gasteiger partial charge in [0.05, 0.1) is 11.5 Å². The van der Waals surface area contributed by atoms with Crippen LogP contribution in [0.5, 0.6) is 0 Å². The average molecular weight is 382 g/mol. The molecule has 0 aliphatic carbocycles. The number of rotatable bonds is 4. The molecule has 4 rings (SSSR count). The topological polar surface area (TPSA) is 59.4 Å². The SMILES string of the molecule is CN(C(=O)Cn1c(-c2ccccc2)cc2ccccc21)[C@@H]1CCS(=O)(=O)C1. The van der Waals surface area contributed by atoms with Gasteiger partial charge in [0.15, 0.2) is 9.84 Å². The molecule has 1 amide bonds. The summed E-state index contributed by atoms with van der Waals surface area (Å²) in [5, 5.41) is 1.08. The number of sulfone groups is 1. The number of likely N-dealkylation sites (N-methyl/N-ethyl adjacent to an activating group) is 1. The number of fused-ring (bicyclic) bond motifs is 1. The monoisotopic (exact) mass is 382 g/mol. The summed E-state index contributed by atoms with van der Waals surface area (Å²) in [5.41, 5.74) is 3.03. The first-order chi connectivity index (χ1) is 12.9. The lowest BCUT2D eigenvalue weighted by Gasteiger charge is -2.24. The van der Waals surface area contributed by atoms with E-state index in [0.29, 0.717) is 6.42 Å². The van der Waals surface area contributed by atoms with Crippen LogP contribution in [0, 0.1) is 0 Å². The van der Waals surface area contributed by atoms with E-state index in [1.54, 1.807) is 11.9 Å². The van der Waals surface area contributed by atoms with Crippen molar-refractivity contribution in [2.75, 3.05) is 18.6 Å². The quantitative estimate of drug-likeness (QED) is 0.697. The van der Waals surface area contributed by atoms with Crippen LogP contribution in [0.3, 0.4) is 0 Å². The molecule has 5 nitrogen and oxygen atoms in total. The van der Waals surface area contributed by atoms with Gasteiger partial charge < -0.3 is 9.47 Å². The van der Waals surface area contributed by atoms with Crippen LogP contribution >= 0.6 is 0 Å². The van der Waals surface area contributed by atoms with Gasteiger partial charge in [0, 0.05) is 29.7 Å². The summed E-state index contributed by atoms with van der Waals surface area (Å²) in [5.74, 6) is 0.153. The fourth-order valence-electron chi connectivity index (χ4n) is 3.76. The Labute approximate surface area is 159 Å². The Morgan fingerprint density at radius 2 is 1.81 bits per heavy atom. The number of hydrogen-bond donors (Lipinski definition) is 0. The van der Waals surface area contributed by atoms with E-state index >= 15 is 0 Å². The molecule has 0 saturated carbocycles. The van der Waals surface area contributed by atoms with Crippen molar-refractivity contribution in [2.24, 2.45) is 0 Å². The predicted octanol–water partition coefficient (Wildman–Crippen LogP) is 2.95. The smallest absolute Gasteiger partial charge is 0.242 e. The molecule has 1 saturated heterocycles. The largest absolute Gasteiger partial charge is 0.340 e. The molecule has 140 valence electrons. The van der Waals surface area contributed by atoms with E-state index in [9.17, 15) is 13.2 Å². The first kappa shape index (κ1) is 17.8. The second-order valence-corrected chi connectivity index (χ2v) is 9.33. The molecule has 1 aromatic heterocycles. The maximum atomic E-state index is 12.9. The minimum Gasteiger partial charge on any atom is -0.340 e. The van der Waals surface area contributed by atoms with E-state index in [1.807, 2.05) is 59.2 Å². The van der Waals surface area contributed by atoms with Crippen LogP contribution in [0.15, 0.2) is 60.7 Å². The number of para-hydroxylation sites is 1. The van der Waals surface area contributed by atoms with Crippen molar-refractivity contribution < 1.29 is 13.2 Å². The summed E-state index contributed by atoms with van der Waals surface area (Å²) in [7, 11) is -1.31. The van der Waals surface area contributed by atoms with E-state index in [-0.39, 0.29) is 30.0 Å². The summed E-state index contributed by atoms with van der Waals surface area (Å²) in [6, 6.07) is 19.8. The third-order valence-corrected chi connectivity index (χ3v) is 7.07. The standard InChI is InChI=1S/C21H22N2O3S/c1-22(18-11-12-27(25,26)15-18)21(24)14-23-19-10-6-5-9-17(19)13-20(23)16-7-3-2-4-8-16/h2-10,13,18H,11-12,14-15H2,1H3/t18-/m1/s1. The van der Waals surface area contributed by atoms with E-state index in [0.717, 1.165) is 22.2 Å². The van der Waals surface area contributed by atoms with Gasteiger partial charge in [-0.2, -0.15) is 0 Å². The van der Waals surface area contributed by atoms with Crippen LogP contribution < -0.4 is 0 Å². The van der Waals surface area contributed by atoms with Crippen LogP contribution in [0.25, 0.3) is 22.2 Å². The second kappa shape index (κ2) is 6.85. The van der Waals surface area contributed by atoms with Gasteiger partial charge in [-0.1, -0.05) is 48.5 Å². The molecule has 1 aliphatic rings. The molecule has 6 heteroatoms. The number of hydrogen-bond acceptors (Lipinski definition) is 3. The molecule has 0 bridgehead atoms. The number of aromatic nitrogens is 1. The molecule has 2 heterocycles. The van der Waals surface area contributed by atoms with Crippen LogP contribution in [0.4, 0.5) is 0 Å². The third-order valence-electron chi connectivity index (χ3n) is 5.32. The minimum atomic E-state index is -3.02. The number of amides is 1. The number of carbonyl (C=O) groups excluding carboxylic acids is 1. The molecule has 1 aliphatic heterocycles. The molecular weight excluding hydrogens is 360 g/mol. The van der Waals surface area contributed by atoms with E-state index in [4.69, 9.17) is 0 Å². The highest BCUT2D eigenvalue weighted by molar-refractivity contribution is 7.91. The summed E-state index contributed by atoms with van der Waals surface area (Å²) in [6.07, 6.45) is 0.516. The summed E-state index contributed by atoms with van der Waals surface area (Å²) < 4.78 is 25.5. The molecule has 0 radical (unpaired) electrons. The number of benzene rings is 2. The molecule has 27 heavy (non-hydrogen) atoms. The van der Waals surface area contributed by atoms with Crippen molar-refractivity contribution in [2.45, 2.75) is 19.0 Å². The lowest BCUT2D eigenvalue weighted by Crippen LogP contribution is -2.39. The molecule has 0 spiro atoms. The van der Waals surface area contributed by atoms with Gasteiger partial charge in [-0.3, -0.25) is 4.79 Å². The molecule has 1 fully saturated rings. The highest BCUT2D eigenvalue weighted by Crippen LogP contribution is 2.28. The van der Waals surface area contributed by atoms with Crippen molar-refractivity contribution in [3.63, 3.8) is 0 Å². The number of nitrogens with zero attached hydrogens (tertiary/aromatic N) is 2. The first-order valence-corrected chi connectivity index (χ1v) is 10.9. The molecular formula is C21H22N2O3S. The van der Waals surface area contributed by atoms with Crippen molar-refractivity contribution >= 4 is 26.6 Å². The van der Waals surface area contributed by atoms with E-state index in [1.165, 1.54) is 0 Å². The maximum Gasteiger partial charge on any atom is 0.242 e. The van der Waals surface area contributed by atoms with Gasteiger partial charge in [0.25, 0.3) is 0 Å². The van der Waals surface area contributed by atoms with Gasteiger partial charge in [0.1, 0.15) is 6.54 Å². The molecule has 2 aromatic carbocycles. The Morgan fingerprint density at radius 3 is 2.52 bits per heavy atom. The van der Waals surface area contributed by atoms with E-state index < -0.39 is 9.84 Å². The fraction of sp³-hybridized carbons (Fsp3) is 0.286. The van der Waals surface area contributed by atoms with Crippen molar-refractivity contribution in [3.8, 4) is 11.3 Å². The molecule has 0 unspecified atom stereocenters. The van der Waals surface area contributed by atoms with Crippen molar-refractivity contribution in [3.05, 3.63) is 60.7 Å². The highest BCUT2D eigenvalue weighted by Gasteiger charge is 2.32. The molecule has 1 atom stereocenters. The van der Waals surface area contributed by atoms with Crippen molar-refractivity contribution in [1.82, 2.24) is 9.47 Å². The normalized spacial score (nSPS) is 18.6. The Morgan fingerprint density at radius 1 is 1.11 bits per heavy atom. The first-order valence-electron chi connectivity index (χ1n) is 9.04. The lowest BCUT2D eigenvalue weighted by molar-refractivity contribution is -0.132. The summed E-state index contributed by atoms with van der Waals surface area (Å²) >= 11 is 0. The zero-order valence-electron chi connectivity index (χ0n) is 15.2. The van der Waals surface area contributed by atoms with Gasteiger partial charge in [0.2, 0.25) is 5.91 Å². The average Bonchev–Trinajstić information content (AvgIpc) is 3.22. The zero-order chi connectivity index (χ0) is 19.0. The summed E-state index contributed by atoms with van der Waals surface area (Å²) in [6.45, 7) is 0.185. The summed E-state index contributed by atoms with van der Waals surface area (Å²) in [4.78, 5) is 14.6. The van der Waals surface area contributed by atoms with Crippen LogP contribution in [0.1, 0.15) is 6.42 Å². The Bertz CT molecular complexity index is 1090. The fourth-order valence-corrected chi connectivity index (χ4v) is 5.53. The molecule has 0 N–H and O–H groups in total. The van der Waals surface area contributed by atoms with Gasteiger partial charge in [-0.25, -0.2) is 8.42 Å². The molecule has 3 aromatic rings. The third kappa shape index (κ3) is 3.49. The minimum absolute atomic E-state index is 0.0627. The maximum absolute atomic E-state index is 12.9. The lowest BCUT2D eigenvalue weighted by atomic mass is 10.1. The van der Waals surface area contributed by atoms with Crippen LogP contribution in [-0.4, -0.2) is 48.4 Å². The van der Waals surface area contributed by atoms with Gasteiger partial charge in [-0.05, 0) is 24.1 Å². The Kier molecular flexibility index (Phi) is 4.52.